The molecule has 0 fully saturated rings. The van der Waals surface area contributed by atoms with Gasteiger partial charge in [0.1, 0.15) is 0 Å². The second kappa shape index (κ2) is 6.54. The SMILES string of the molecule is O=C(C[C@@H]1C=CS(=O)(=O)C1)NCCCn1ncc2ccccc21. The average molecular weight is 333 g/mol. The van der Waals surface area contributed by atoms with Crippen LogP contribution in [0.3, 0.4) is 0 Å². The molecule has 1 amide bonds. The van der Waals surface area contributed by atoms with E-state index in [0.29, 0.717) is 6.54 Å². The lowest BCUT2D eigenvalue weighted by atomic mass is 10.1. The van der Waals surface area contributed by atoms with Gasteiger partial charge in [-0.15, -0.1) is 0 Å². The van der Waals surface area contributed by atoms with Gasteiger partial charge >= 0.3 is 0 Å². The zero-order valence-electron chi connectivity index (χ0n) is 12.7. The minimum absolute atomic E-state index is 0.0414. The van der Waals surface area contributed by atoms with E-state index in [1.54, 1.807) is 6.08 Å². The van der Waals surface area contributed by atoms with E-state index in [0.717, 1.165) is 23.9 Å². The summed E-state index contributed by atoms with van der Waals surface area (Å²) < 4.78 is 24.5. The molecule has 1 aromatic heterocycles. The monoisotopic (exact) mass is 333 g/mol. The van der Waals surface area contributed by atoms with Crippen LogP contribution in [-0.4, -0.2) is 36.4 Å². The fourth-order valence-corrected chi connectivity index (χ4v) is 4.14. The van der Waals surface area contributed by atoms with E-state index in [4.69, 9.17) is 0 Å². The minimum atomic E-state index is -3.09. The van der Waals surface area contributed by atoms with E-state index in [2.05, 4.69) is 10.4 Å². The number of fused-ring (bicyclic) bond motifs is 1. The highest BCUT2D eigenvalue weighted by Gasteiger charge is 2.23. The van der Waals surface area contributed by atoms with Crippen molar-refractivity contribution in [3.63, 3.8) is 0 Å². The predicted molar refractivity (Wildman–Crippen MR) is 88.4 cm³/mol. The Morgan fingerprint density at radius 1 is 1.35 bits per heavy atom. The van der Waals surface area contributed by atoms with Crippen LogP contribution in [0.2, 0.25) is 0 Å². The third-order valence-electron chi connectivity index (χ3n) is 3.87. The van der Waals surface area contributed by atoms with Gasteiger partial charge in [-0.2, -0.15) is 5.10 Å². The number of nitrogens with one attached hydrogen (secondary N) is 1. The van der Waals surface area contributed by atoms with Gasteiger partial charge in [-0.05, 0) is 12.5 Å². The number of amides is 1. The topological polar surface area (TPSA) is 81.1 Å². The van der Waals surface area contributed by atoms with E-state index < -0.39 is 9.84 Å². The number of sulfone groups is 1. The predicted octanol–water partition coefficient (Wildman–Crippen LogP) is 1.49. The lowest BCUT2D eigenvalue weighted by Gasteiger charge is -2.08. The van der Waals surface area contributed by atoms with Crippen molar-refractivity contribution >= 4 is 26.6 Å². The maximum atomic E-state index is 11.8. The molecule has 1 N–H and O–H groups in total. The Hall–Kier alpha value is -2.15. The standard InChI is InChI=1S/C16H19N3O3S/c20-16(10-13-6-9-23(21,22)12-13)17-7-3-8-19-15-5-2-1-4-14(15)11-18-19/h1-2,4-6,9,11,13H,3,7-8,10,12H2,(H,17,20)/t13-/m0/s1. The first-order valence-electron chi connectivity index (χ1n) is 7.62. The summed E-state index contributed by atoms with van der Waals surface area (Å²) in [6.45, 7) is 1.28. The number of para-hydroxylation sites is 1. The molecule has 1 atom stereocenters. The molecule has 122 valence electrons. The van der Waals surface area contributed by atoms with Crippen LogP contribution in [-0.2, 0) is 21.2 Å². The van der Waals surface area contributed by atoms with Gasteiger partial charge in [0.25, 0.3) is 0 Å². The number of allylic oxidation sites excluding steroid dienone is 1. The molecule has 0 aliphatic carbocycles. The van der Waals surface area contributed by atoms with Crippen molar-refractivity contribution in [1.82, 2.24) is 15.1 Å². The first kappa shape index (κ1) is 15.7. The summed E-state index contributed by atoms with van der Waals surface area (Å²) in [5, 5.41) is 9.48. The van der Waals surface area contributed by atoms with E-state index in [1.807, 2.05) is 35.1 Å². The van der Waals surface area contributed by atoms with E-state index in [1.165, 1.54) is 5.41 Å². The van der Waals surface area contributed by atoms with Crippen molar-refractivity contribution in [3.8, 4) is 0 Å². The highest BCUT2D eigenvalue weighted by molar-refractivity contribution is 7.94. The molecule has 0 saturated heterocycles. The van der Waals surface area contributed by atoms with Crippen LogP contribution >= 0.6 is 0 Å². The number of carbonyl (C=O) groups excluding carboxylic acids is 1. The summed E-state index contributed by atoms with van der Waals surface area (Å²) in [6.07, 6.45) is 4.43. The van der Waals surface area contributed by atoms with E-state index >= 15 is 0 Å². The highest BCUT2D eigenvalue weighted by atomic mass is 32.2. The Labute approximate surface area is 135 Å². The van der Waals surface area contributed by atoms with Crippen LogP contribution in [0.1, 0.15) is 12.8 Å². The molecular formula is C16H19N3O3S. The normalized spacial score (nSPS) is 19.2. The molecule has 0 radical (unpaired) electrons. The summed E-state index contributed by atoms with van der Waals surface area (Å²) in [4.78, 5) is 11.8. The second-order valence-electron chi connectivity index (χ2n) is 5.75. The van der Waals surface area contributed by atoms with Crippen LogP contribution in [0.5, 0.6) is 0 Å². The fourth-order valence-electron chi connectivity index (χ4n) is 2.74. The van der Waals surface area contributed by atoms with Crippen molar-refractivity contribution in [2.75, 3.05) is 12.3 Å². The van der Waals surface area contributed by atoms with E-state index in [-0.39, 0.29) is 24.0 Å². The summed E-state index contributed by atoms with van der Waals surface area (Å²) in [6, 6.07) is 8.00. The van der Waals surface area contributed by atoms with Gasteiger partial charge in [-0.25, -0.2) is 8.42 Å². The quantitative estimate of drug-likeness (QED) is 0.812. The number of nitrogens with zero attached hydrogens (tertiary/aromatic N) is 2. The van der Waals surface area contributed by atoms with Crippen molar-refractivity contribution in [2.45, 2.75) is 19.4 Å². The number of hydrogen-bond acceptors (Lipinski definition) is 4. The van der Waals surface area contributed by atoms with Gasteiger partial charge in [0.15, 0.2) is 9.84 Å². The van der Waals surface area contributed by atoms with Crippen molar-refractivity contribution in [1.29, 1.82) is 0 Å². The smallest absolute Gasteiger partial charge is 0.220 e. The Kier molecular flexibility index (Phi) is 4.47. The largest absolute Gasteiger partial charge is 0.356 e. The second-order valence-corrected chi connectivity index (χ2v) is 7.68. The molecule has 1 aliphatic rings. The fraction of sp³-hybridized carbons (Fsp3) is 0.375. The lowest BCUT2D eigenvalue weighted by Crippen LogP contribution is -2.27. The molecule has 0 bridgehead atoms. The molecule has 1 aromatic carbocycles. The van der Waals surface area contributed by atoms with Crippen LogP contribution < -0.4 is 5.32 Å². The zero-order chi connectivity index (χ0) is 16.3. The Morgan fingerprint density at radius 3 is 2.96 bits per heavy atom. The van der Waals surface area contributed by atoms with Gasteiger partial charge in [0.2, 0.25) is 5.91 Å². The molecule has 23 heavy (non-hydrogen) atoms. The molecular weight excluding hydrogens is 314 g/mol. The first-order valence-corrected chi connectivity index (χ1v) is 9.33. The molecule has 7 heteroatoms. The van der Waals surface area contributed by atoms with Gasteiger partial charge in [0.05, 0.1) is 17.5 Å². The van der Waals surface area contributed by atoms with Crippen LogP contribution in [0.4, 0.5) is 0 Å². The summed E-state index contributed by atoms with van der Waals surface area (Å²) in [7, 11) is -3.09. The molecule has 2 heterocycles. The van der Waals surface area contributed by atoms with Gasteiger partial charge < -0.3 is 5.32 Å². The molecule has 6 nitrogen and oxygen atoms in total. The number of rotatable bonds is 6. The van der Waals surface area contributed by atoms with Crippen molar-refractivity contribution in [3.05, 3.63) is 41.9 Å². The van der Waals surface area contributed by atoms with E-state index in [9.17, 15) is 13.2 Å². The Morgan fingerprint density at radius 2 is 2.17 bits per heavy atom. The average Bonchev–Trinajstić information content (AvgIpc) is 3.07. The maximum absolute atomic E-state index is 11.8. The van der Waals surface area contributed by atoms with Crippen LogP contribution in [0, 0.1) is 5.92 Å². The van der Waals surface area contributed by atoms with Gasteiger partial charge in [-0.3, -0.25) is 9.48 Å². The van der Waals surface area contributed by atoms with Crippen LogP contribution in [0.25, 0.3) is 10.9 Å². The molecule has 0 unspecified atom stereocenters. The number of aryl methyl sites for hydroxylation is 1. The first-order chi connectivity index (χ1) is 11.0. The molecule has 0 saturated carbocycles. The summed E-state index contributed by atoms with van der Waals surface area (Å²) >= 11 is 0. The third kappa shape index (κ3) is 3.98. The molecule has 0 spiro atoms. The number of hydrogen-bond donors (Lipinski definition) is 1. The molecule has 2 aromatic rings. The minimum Gasteiger partial charge on any atom is -0.356 e. The van der Waals surface area contributed by atoms with Crippen molar-refractivity contribution in [2.24, 2.45) is 5.92 Å². The van der Waals surface area contributed by atoms with Crippen LogP contribution in [0.15, 0.2) is 41.9 Å². The molecule has 1 aliphatic heterocycles. The number of benzene rings is 1. The Bertz CT molecular complexity index is 839. The van der Waals surface area contributed by atoms with Gasteiger partial charge in [0, 0.05) is 36.2 Å². The zero-order valence-corrected chi connectivity index (χ0v) is 13.5. The highest BCUT2D eigenvalue weighted by Crippen LogP contribution is 2.18. The van der Waals surface area contributed by atoms with Crippen molar-refractivity contribution < 1.29 is 13.2 Å². The third-order valence-corrected chi connectivity index (χ3v) is 5.34. The summed E-state index contributed by atoms with van der Waals surface area (Å²) in [5.74, 6) is -0.267. The summed E-state index contributed by atoms with van der Waals surface area (Å²) in [5.41, 5.74) is 1.08. The number of carbonyl (C=O) groups is 1. The Balaban J connectivity index is 1.41. The lowest BCUT2D eigenvalue weighted by molar-refractivity contribution is -0.121. The maximum Gasteiger partial charge on any atom is 0.220 e. The number of aromatic nitrogens is 2. The molecule has 3 rings (SSSR count). The van der Waals surface area contributed by atoms with Gasteiger partial charge in [-0.1, -0.05) is 24.3 Å².